The highest BCUT2D eigenvalue weighted by atomic mass is 32.1. The van der Waals surface area contributed by atoms with E-state index in [4.69, 9.17) is 12.2 Å². The molecule has 1 aliphatic carbocycles. The molecule has 0 aliphatic heterocycles. The Hall–Kier alpha value is -1.09. The zero-order valence-corrected chi connectivity index (χ0v) is 11.2. The molecule has 2 nitrogen and oxygen atoms in total. The number of aromatic nitrogens is 2. The molecule has 90 valence electrons. The molecule has 1 saturated carbocycles. The molecule has 1 aromatic carbocycles. The van der Waals surface area contributed by atoms with Gasteiger partial charge < -0.3 is 9.55 Å². The molecule has 3 heteroatoms. The first kappa shape index (κ1) is 11.0. The molecule has 2 aromatic rings. The van der Waals surface area contributed by atoms with Gasteiger partial charge in [-0.3, -0.25) is 0 Å². The van der Waals surface area contributed by atoms with Crippen molar-refractivity contribution < 1.29 is 0 Å². The number of rotatable bonds is 1. The smallest absolute Gasteiger partial charge is 0.178 e. The lowest BCUT2D eigenvalue weighted by Crippen LogP contribution is -2.11. The van der Waals surface area contributed by atoms with Crippen molar-refractivity contribution in [2.24, 2.45) is 5.92 Å². The van der Waals surface area contributed by atoms with Crippen molar-refractivity contribution in [3.8, 4) is 0 Å². The third-order valence-corrected chi connectivity index (χ3v) is 4.32. The minimum atomic E-state index is 0.582. The van der Waals surface area contributed by atoms with Crippen molar-refractivity contribution in [3.05, 3.63) is 28.5 Å². The van der Waals surface area contributed by atoms with E-state index in [2.05, 4.69) is 41.6 Å². The van der Waals surface area contributed by atoms with Crippen LogP contribution in [0.3, 0.4) is 0 Å². The SMILES string of the molecule is Cc1ccc2[nH]c(=S)n(C3CCCC3C)c2c1. The maximum absolute atomic E-state index is 5.49. The van der Waals surface area contributed by atoms with E-state index in [1.807, 2.05) is 0 Å². The van der Waals surface area contributed by atoms with Gasteiger partial charge in [0, 0.05) is 6.04 Å². The van der Waals surface area contributed by atoms with Gasteiger partial charge in [0.15, 0.2) is 4.77 Å². The molecule has 1 heterocycles. The minimum absolute atomic E-state index is 0.582. The standard InChI is InChI=1S/C14H18N2S/c1-9-6-7-11-13(8-9)16(14(17)15-11)12-5-3-4-10(12)2/h6-8,10,12H,3-5H2,1-2H3,(H,15,17). The van der Waals surface area contributed by atoms with Crippen LogP contribution < -0.4 is 0 Å². The molecule has 0 radical (unpaired) electrons. The van der Waals surface area contributed by atoms with Crippen molar-refractivity contribution >= 4 is 23.3 Å². The van der Waals surface area contributed by atoms with Crippen molar-refractivity contribution in [3.63, 3.8) is 0 Å². The molecule has 0 spiro atoms. The Labute approximate surface area is 107 Å². The molecule has 1 aliphatic rings. The quantitative estimate of drug-likeness (QED) is 0.741. The average Bonchev–Trinajstić information content (AvgIpc) is 2.81. The Morgan fingerprint density at radius 1 is 1.35 bits per heavy atom. The summed E-state index contributed by atoms with van der Waals surface area (Å²) in [5, 5.41) is 0. The predicted molar refractivity (Wildman–Crippen MR) is 73.9 cm³/mol. The van der Waals surface area contributed by atoms with Crippen molar-refractivity contribution in [1.29, 1.82) is 0 Å². The maximum Gasteiger partial charge on any atom is 0.178 e. The van der Waals surface area contributed by atoms with Crippen LogP contribution in [0.15, 0.2) is 18.2 Å². The number of aryl methyl sites for hydroxylation is 1. The second kappa shape index (κ2) is 3.98. The normalized spacial score (nSPS) is 24.6. The third-order valence-electron chi connectivity index (χ3n) is 4.02. The summed E-state index contributed by atoms with van der Waals surface area (Å²) in [6.07, 6.45) is 3.91. The second-order valence-corrected chi connectivity index (χ2v) is 5.68. The van der Waals surface area contributed by atoms with Crippen LogP contribution in [-0.4, -0.2) is 9.55 Å². The van der Waals surface area contributed by atoms with Crippen LogP contribution in [0.4, 0.5) is 0 Å². The van der Waals surface area contributed by atoms with Crippen molar-refractivity contribution in [1.82, 2.24) is 9.55 Å². The highest BCUT2D eigenvalue weighted by molar-refractivity contribution is 7.71. The van der Waals surface area contributed by atoms with E-state index in [9.17, 15) is 0 Å². The number of H-pyrrole nitrogens is 1. The van der Waals surface area contributed by atoms with Gasteiger partial charge in [-0.2, -0.15) is 0 Å². The highest BCUT2D eigenvalue weighted by Gasteiger charge is 2.26. The van der Waals surface area contributed by atoms with E-state index in [0.29, 0.717) is 6.04 Å². The van der Waals surface area contributed by atoms with E-state index in [-0.39, 0.29) is 0 Å². The third kappa shape index (κ3) is 1.73. The molecule has 2 atom stereocenters. The van der Waals surface area contributed by atoms with Crippen LogP contribution >= 0.6 is 12.2 Å². The summed E-state index contributed by atoms with van der Waals surface area (Å²) in [6.45, 7) is 4.48. The fraction of sp³-hybridized carbons (Fsp3) is 0.500. The summed E-state index contributed by atoms with van der Waals surface area (Å²) >= 11 is 5.49. The van der Waals surface area contributed by atoms with Gasteiger partial charge >= 0.3 is 0 Å². The van der Waals surface area contributed by atoms with Gasteiger partial charge in [0.2, 0.25) is 0 Å². The fourth-order valence-electron chi connectivity index (χ4n) is 3.07. The maximum atomic E-state index is 5.49. The largest absolute Gasteiger partial charge is 0.331 e. The number of benzene rings is 1. The summed E-state index contributed by atoms with van der Waals surface area (Å²) in [7, 11) is 0. The molecular weight excluding hydrogens is 228 g/mol. The number of hydrogen-bond acceptors (Lipinski definition) is 1. The summed E-state index contributed by atoms with van der Waals surface area (Å²) < 4.78 is 3.22. The lowest BCUT2D eigenvalue weighted by Gasteiger charge is -2.18. The van der Waals surface area contributed by atoms with Gasteiger partial charge in [0.05, 0.1) is 11.0 Å². The molecular formula is C14H18N2S. The predicted octanol–water partition coefficient (Wildman–Crippen LogP) is 4.37. The van der Waals surface area contributed by atoms with Crippen molar-refractivity contribution in [2.45, 2.75) is 39.2 Å². The summed E-state index contributed by atoms with van der Waals surface area (Å²) in [6, 6.07) is 7.09. The van der Waals surface area contributed by atoms with Crippen LogP contribution in [0.2, 0.25) is 0 Å². The Morgan fingerprint density at radius 2 is 2.18 bits per heavy atom. The Morgan fingerprint density at radius 3 is 2.88 bits per heavy atom. The first-order valence-corrected chi connectivity index (χ1v) is 6.78. The second-order valence-electron chi connectivity index (χ2n) is 5.30. The van der Waals surface area contributed by atoms with Crippen molar-refractivity contribution in [2.75, 3.05) is 0 Å². The van der Waals surface area contributed by atoms with Gasteiger partial charge in [-0.25, -0.2) is 0 Å². The van der Waals surface area contributed by atoms with E-state index in [1.165, 1.54) is 35.9 Å². The molecule has 1 aromatic heterocycles. The topological polar surface area (TPSA) is 20.7 Å². The fourth-order valence-corrected chi connectivity index (χ4v) is 3.41. The average molecular weight is 246 g/mol. The zero-order valence-electron chi connectivity index (χ0n) is 10.4. The van der Waals surface area contributed by atoms with Gasteiger partial charge in [-0.15, -0.1) is 0 Å². The number of nitrogens with one attached hydrogen (secondary N) is 1. The van der Waals surface area contributed by atoms with Gasteiger partial charge in [-0.1, -0.05) is 19.4 Å². The summed E-state index contributed by atoms with van der Waals surface area (Å²) in [5.74, 6) is 0.737. The number of hydrogen-bond donors (Lipinski definition) is 1. The highest BCUT2D eigenvalue weighted by Crippen LogP contribution is 2.37. The monoisotopic (exact) mass is 246 g/mol. The lowest BCUT2D eigenvalue weighted by molar-refractivity contribution is 0.413. The molecule has 17 heavy (non-hydrogen) atoms. The van der Waals surface area contributed by atoms with E-state index >= 15 is 0 Å². The molecule has 1 fully saturated rings. The Balaban J connectivity index is 2.24. The van der Waals surface area contributed by atoms with E-state index in [1.54, 1.807) is 0 Å². The number of nitrogens with zero attached hydrogens (tertiary/aromatic N) is 1. The van der Waals surface area contributed by atoms with E-state index < -0.39 is 0 Å². The zero-order chi connectivity index (χ0) is 12.0. The Bertz CT molecular complexity index is 608. The first-order valence-electron chi connectivity index (χ1n) is 6.37. The van der Waals surface area contributed by atoms with Crippen LogP contribution in [0.5, 0.6) is 0 Å². The lowest BCUT2D eigenvalue weighted by atomic mass is 10.1. The summed E-state index contributed by atoms with van der Waals surface area (Å²) in [5.41, 5.74) is 3.74. The van der Waals surface area contributed by atoms with Gasteiger partial charge in [0.25, 0.3) is 0 Å². The minimum Gasteiger partial charge on any atom is -0.331 e. The molecule has 1 N–H and O–H groups in total. The molecule has 0 saturated heterocycles. The Kier molecular flexibility index (Phi) is 2.58. The van der Waals surface area contributed by atoms with Crippen LogP contribution in [0, 0.1) is 17.6 Å². The van der Waals surface area contributed by atoms with Crippen LogP contribution in [0.1, 0.15) is 37.8 Å². The van der Waals surface area contributed by atoms with Gasteiger partial charge in [0.1, 0.15) is 0 Å². The first-order chi connectivity index (χ1) is 8.16. The van der Waals surface area contributed by atoms with Crippen LogP contribution in [-0.2, 0) is 0 Å². The summed E-state index contributed by atoms with van der Waals surface area (Å²) in [4.78, 5) is 3.33. The van der Waals surface area contributed by atoms with Gasteiger partial charge in [-0.05, 0) is 55.6 Å². The number of fused-ring (bicyclic) bond motifs is 1. The molecule has 0 amide bonds. The molecule has 0 bridgehead atoms. The molecule has 2 unspecified atom stereocenters. The number of imidazole rings is 1. The van der Waals surface area contributed by atoms with E-state index in [0.717, 1.165) is 10.7 Å². The molecule has 3 rings (SSSR count). The number of aromatic amines is 1. The van der Waals surface area contributed by atoms with Crippen LogP contribution in [0.25, 0.3) is 11.0 Å².